The van der Waals surface area contributed by atoms with Crippen molar-refractivity contribution in [2.45, 2.75) is 26.5 Å². The van der Waals surface area contributed by atoms with Crippen molar-refractivity contribution in [1.29, 1.82) is 0 Å². The molecule has 0 aliphatic rings. The molecular formula is C22H23ClN6O3. The van der Waals surface area contributed by atoms with E-state index in [0.717, 1.165) is 0 Å². The summed E-state index contributed by atoms with van der Waals surface area (Å²) < 4.78 is 8.69. The normalized spacial score (nSPS) is 12.3. The van der Waals surface area contributed by atoms with Gasteiger partial charge < -0.3 is 15.2 Å². The van der Waals surface area contributed by atoms with E-state index in [1.165, 1.54) is 10.7 Å². The zero-order valence-corrected chi connectivity index (χ0v) is 18.6. The second-order valence-electron chi connectivity index (χ2n) is 7.65. The number of aliphatic hydroxyl groups is 1. The maximum absolute atomic E-state index is 13.1. The number of hydrogen-bond donors (Lipinski definition) is 2. The number of ether oxygens (including phenoxy) is 1. The van der Waals surface area contributed by atoms with Crippen molar-refractivity contribution in [3.8, 4) is 17.0 Å². The Morgan fingerprint density at radius 1 is 1.28 bits per heavy atom. The van der Waals surface area contributed by atoms with Crippen LogP contribution in [0.25, 0.3) is 16.9 Å². The zero-order chi connectivity index (χ0) is 22.8. The van der Waals surface area contributed by atoms with Crippen molar-refractivity contribution in [2.75, 3.05) is 12.4 Å². The van der Waals surface area contributed by atoms with Crippen molar-refractivity contribution in [3.63, 3.8) is 0 Å². The maximum Gasteiger partial charge on any atom is 0.261 e. The second-order valence-corrected chi connectivity index (χ2v) is 8.08. The first kappa shape index (κ1) is 21.8. The van der Waals surface area contributed by atoms with E-state index in [4.69, 9.17) is 16.3 Å². The lowest BCUT2D eigenvalue weighted by Gasteiger charge is -2.18. The standard InChI is InChI=1S/C22H23ClN6O3/c1-13(2)18(30)12-29-20(15-9-14(23)5-6-19(15)32-3)17(11-26-29)27-22(31)16-10-25-28-8-4-7-24-21(16)28/h4-11,13,18,30H,12H2,1-3H3,(H,27,31). The molecule has 3 heterocycles. The lowest BCUT2D eigenvalue weighted by atomic mass is 10.1. The smallest absolute Gasteiger partial charge is 0.261 e. The fraction of sp³-hybridized carbons (Fsp3) is 0.273. The Morgan fingerprint density at radius 3 is 2.84 bits per heavy atom. The molecule has 166 valence electrons. The quantitative estimate of drug-likeness (QED) is 0.442. The molecule has 0 saturated carbocycles. The minimum atomic E-state index is -0.633. The summed E-state index contributed by atoms with van der Waals surface area (Å²) in [4.78, 5) is 17.3. The Hall–Kier alpha value is -3.43. The zero-order valence-electron chi connectivity index (χ0n) is 17.9. The Labute approximate surface area is 189 Å². The molecule has 2 N–H and O–H groups in total. The number of carbonyl (C=O) groups is 1. The first-order chi connectivity index (χ1) is 15.4. The Balaban J connectivity index is 1.78. The van der Waals surface area contributed by atoms with E-state index in [0.29, 0.717) is 38.9 Å². The molecule has 0 fully saturated rings. The van der Waals surface area contributed by atoms with Crippen LogP contribution in [-0.2, 0) is 6.54 Å². The fourth-order valence-electron chi connectivity index (χ4n) is 3.33. The summed E-state index contributed by atoms with van der Waals surface area (Å²) >= 11 is 6.26. The number of hydrogen-bond acceptors (Lipinski definition) is 6. The van der Waals surface area contributed by atoms with Crippen LogP contribution >= 0.6 is 11.6 Å². The van der Waals surface area contributed by atoms with E-state index in [1.54, 1.807) is 54.6 Å². The fourth-order valence-corrected chi connectivity index (χ4v) is 3.50. The minimum Gasteiger partial charge on any atom is -0.496 e. The largest absolute Gasteiger partial charge is 0.496 e. The van der Waals surface area contributed by atoms with Gasteiger partial charge in [-0.2, -0.15) is 10.2 Å². The van der Waals surface area contributed by atoms with Gasteiger partial charge in [0.05, 0.1) is 43.5 Å². The number of amides is 1. The molecule has 0 saturated heterocycles. The van der Waals surface area contributed by atoms with E-state index in [1.807, 2.05) is 13.8 Å². The number of methoxy groups -OCH3 is 1. The first-order valence-corrected chi connectivity index (χ1v) is 10.4. The van der Waals surface area contributed by atoms with Crippen molar-refractivity contribution in [3.05, 3.63) is 59.6 Å². The summed E-state index contributed by atoms with van der Waals surface area (Å²) in [6.07, 6.45) is 5.68. The molecule has 1 unspecified atom stereocenters. The molecule has 9 nitrogen and oxygen atoms in total. The van der Waals surface area contributed by atoms with E-state index in [9.17, 15) is 9.90 Å². The molecule has 0 radical (unpaired) electrons. The first-order valence-electron chi connectivity index (χ1n) is 10.1. The summed E-state index contributed by atoms with van der Waals surface area (Å²) in [7, 11) is 1.55. The molecule has 0 bridgehead atoms. The number of rotatable bonds is 7. The number of carbonyl (C=O) groups excluding carboxylic acids is 1. The number of fused-ring (bicyclic) bond motifs is 1. The highest BCUT2D eigenvalue weighted by Crippen LogP contribution is 2.37. The number of halogens is 1. The van der Waals surface area contributed by atoms with Crippen LogP contribution in [0.15, 0.2) is 49.1 Å². The number of nitrogens with zero attached hydrogens (tertiary/aromatic N) is 5. The van der Waals surface area contributed by atoms with Crippen LogP contribution in [0.1, 0.15) is 24.2 Å². The third-order valence-corrected chi connectivity index (χ3v) is 5.39. The van der Waals surface area contributed by atoms with E-state index >= 15 is 0 Å². The summed E-state index contributed by atoms with van der Waals surface area (Å²) in [6, 6.07) is 6.93. The van der Waals surface area contributed by atoms with E-state index in [2.05, 4.69) is 20.5 Å². The minimum absolute atomic E-state index is 0.0243. The van der Waals surface area contributed by atoms with Gasteiger partial charge in [0.15, 0.2) is 5.65 Å². The SMILES string of the molecule is COc1ccc(Cl)cc1-c1c(NC(=O)c2cnn3cccnc23)cnn1CC(O)C(C)C. The number of anilines is 1. The predicted molar refractivity (Wildman–Crippen MR) is 121 cm³/mol. The Bertz CT molecular complexity index is 1270. The molecule has 0 spiro atoms. The molecule has 0 aliphatic carbocycles. The van der Waals surface area contributed by atoms with Crippen LogP contribution in [-0.4, -0.2) is 48.6 Å². The lowest BCUT2D eigenvalue weighted by molar-refractivity contribution is 0.102. The van der Waals surface area contributed by atoms with Gasteiger partial charge in [0, 0.05) is 23.0 Å². The van der Waals surface area contributed by atoms with Crippen molar-refractivity contribution in [2.24, 2.45) is 5.92 Å². The third kappa shape index (κ3) is 4.17. The van der Waals surface area contributed by atoms with Gasteiger partial charge in [-0.1, -0.05) is 25.4 Å². The van der Waals surface area contributed by atoms with Crippen LogP contribution in [0.2, 0.25) is 5.02 Å². The number of nitrogens with one attached hydrogen (secondary N) is 1. The summed E-state index contributed by atoms with van der Waals surface area (Å²) in [5.41, 5.74) is 2.42. The Morgan fingerprint density at radius 2 is 2.09 bits per heavy atom. The summed E-state index contributed by atoms with van der Waals surface area (Å²) in [5, 5.41) is 22.5. The average molecular weight is 455 g/mol. The average Bonchev–Trinajstić information content (AvgIpc) is 3.37. The summed E-state index contributed by atoms with van der Waals surface area (Å²) in [5.74, 6) is 0.199. The van der Waals surface area contributed by atoms with Crippen molar-refractivity contribution >= 4 is 28.8 Å². The topological polar surface area (TPSA) is 107 Å². The molecule has 0 aliphatic heterocycles. The molecule has 3 aromatic heterocycles. The molecule has 32 heavy (non-hydrogen) atoms. The van der Waals surface area contributed by atoms with Crippen LogP contribution < -0.4 is 10.1 Å². The molecular weight excluding hydrogens is 432 g/mol. The summed E-state index contributed by atoms with van der Waals surface area (Å²) in [6.45, 7) is 4.08. The maximum atomic E-state index is 13.1. The van der Waals surface area contributed by atoms with Gasteiger partial charge in [0.25, 0.3) is 5.91 Å². The van der Waals surface area contributed by atoms with Gasteiger partial charge in [0.1, 0.15) is 11.3 Å². The molecule has 1 amide bonds. The van der Waals surface area contributed by atoms with Crippen molar-refractivity contribution < 1.29 is 14.6 Å². The van der Waals surface area contributed by atoms with E-state index < -0.39 is 6.10 Å². The van der Waals surface area contributed by atoms with Gasteiger partial charge in [-0.3, -0.25) is 9.48 Å². The molecule has 4 rings (SSSR count). The third-order valence-electron chi connectivity index (χ3n) is 5.16. The van der Waals surface area contributed by atoms with Crippen LogP contribution in [0.3, 0.4) is 0 Å². The number of benzene rings is 1. The van der Waals surface area contributed by atoms with E-state index in [-0.39, 0.29) is 18.4 Å². The number of aliphatic hydroxyl groups excluding tert-OH is 1. The highest BCUT2D eigenvalue weighted by Gasteiger charge is 2.23. The van der Waals surface area contributed by atoms with Gasteiger partial charge in [-0.05, 0) is 30.2 Å². The Kier molecular flexibility index (Phi) is 6.11. The molecule has 1 atom stereocenters. The highest BCUT2D eigenvalue weighted by atomic mass is 35.5. The molecule has 1 aromatic carbocycles. The number of aromatic nitrogens is 5. The van der Waals surface area contributed by atoms with Gasteiger partial charge >= 0.3 is 0 Å². The molecule has 4 aromatic rings. The van der Waals surface area contributed by atoms with Crippen LogP contribution in [0, 0.1) is 5.92 Å². The van der Waals surface area contributed by atoms with Crippen LogP contribution in [0.4, 0.5) is 5.69 Å². The van der Waals surface area contributed by atoms with Gasteiger partial charge in [0.2, 0.25) is 0 Å². The van der Waals surface area contributed by atoms with Crippen molar-refractivity contribution in [1.82, 2.24) is 24.4 Å². The van der Waals surface area contributed by atoms with Crippen LogP contribution in [0.5, 0.6) is 5.75 Å². The van der Waals surface area contributed by atoms with Gasteiger partial charge in [-0.15, -0.1) is 0 Å². The lowest BCUT2D eigenvalue weighted by Crippen LogP contribution is -2.23. The monoisotopic (exact) mass is 454 g/mol. The predicted octanol–water partition coefficient (Wildman–Crippen LogP) is 3.52. The highest BCUT2D eigenvalue weighted by molar-refractivity contribution is 6.31. The molecule has 10 heteroatoms. The van der Waals surface area contributed by atoms with Gasteiger partial charge in [-0.25, -0.2) is 9.50 Å². The second kappa shape index (κ2) is 8.97.